The molecule has 0 aromatic carbocycles. The smallest absolute Gasteiger partial charge is 0.409 e. The molecule has 28 heavy (non-hydrogen) atoms. The van der Waals surface area contributed by atoms with E-state index in [1.807, 2.05) is 11.8 Å². The van der Waals surface area contributed by atoms with E-state index in [1.54, 1.807) is 4.90 Å². The van der Waals surface area contributed by atoms with Crippen LogP contribution in [-0.4, -0.2) is 53.1 Å². The second kappa shape index (κ2) is 7.12. The van der Waals surface area contributed by atoms with Gasteiger partial charge in [-0.25, -0.2) is 4.98 Å². The van der Waals surface area contributed by atoms with Crippen LogP contribution < -0.4 is 15.4 Å². The molecule has 1 saturated heterocycles. The third kappa shape index (κ3) is 3.46. The van der Waals surface area contributed by atoms with Gasteiger partial charge in [-0.05, 0) is 13.3 Å². The van der Waals surface area contributed by atoms with Gasteiger partial charge in [0, 0.05) is 19.2 Å². The Bertz CT molecular complexity index is 883. The lowest BCUT2D eigenvalue weighted by molar-refractivity contribution is -0.171. The summed E-state index contributed by atoms with van der Waals surface area (Å²) in [5.41, 5.74) is -0.165. The topological polar surface area (TPSA) is 76.6 Å². The summed E-state index contributed by atoms with van der Waals surface area (Å²) in [4.78, 5) is 24.8. The number of nitrogens with zero attached hydrogens (tertiary/aromatic N) is 5. The third-order valence-electron chi connectivity index (χ3n) is 5.06. The second-order valence-electron chi connectivity index (χ2n) is 6.99. The molecule has 2 aliphatic rings. The van der Waals surface area contributed by atoms with E-state index in [-0.39, 0.29) is 31.5 Å². The number of oxazole rings is 1. The van der Waals surface area contributed by atoms with E-state index >= 15 is 0 Å². The van der Waals surface area contributed by atoms with Gasteiger partial charge in [0.05, 0.1) is 31.5 Å². The lowest BCUT2D eigenvalue weighted by atomic mass is 10.1. The average Bonchev–Trinajstić information content (AvgIpc) is 3.14. The molecule has 4 heterocycles. The maximum absolute atomic E-state index is 13.6. The maximum atomic E-state index is 13.6. The van der Waals surface area contributed by atoms with E-state index in [1.165, 1.54) is 18.7 Å². The number of anilines is 2. The molecular weight excluding hydrogens is 379 g/mol. The Hall–Kier alpha value is -2.56. The van der Waals surface area contributed by atoms with Gasteiger partial charge in [0.25, 0.3) is 5.56 Å². The largest absolute Gasteiger partial charge is 0.451 e. The summed E-state index contributed by atoms with van der Waals surface area (Å²) < 4.78 is 51.8. The fourth-order valence-corrected chi connectivity index (χ4v) is 3.68. The summed E-state index contributed by atoms with van der Waals surface area (Å²) in [6.45, 7) is 3.68. The Kier molecular flexibility index (Phi) is 4.77. The molecule has 8 nitrogen and oxygen atoms in total. The van der Waals surface area contributed by atoms with Crippen LogP contribution >= 0.6 is 0 Å². The normalized spacial score (nSPS) is 23.0. The van der Waals surface area contributed by atoms with Crippen LogP contribution in [0.25, 0.3) is 0 Å². The van der Waals surface area contributed by atoms with E-state index in [0.29, 0.717) is 31.3 Å². The zero-order chi connectivity index (χ0) is 19.9. The van der Waals surface area contributed by atoms with Crippen molar-refractivity contribution in [2.45, 2.75) is 38.1 Å². The highest BCUT2D eigenvalue weighted by molar-refractivity contribution is 5.47. The van der Waals surface area contributed by atoms with Crippen molar-refractivity contribution < 1.29 is 22.3 Å². The number of alkyl halides is 3. The van der Waals surface area contributed by atoms with Gasteiger partial charge < -0.3 is 19.0 Å². The number of fused-ring (bicyclic) bond motifs is 1. The van der Waals surface area contributed by atoms with Gasteiger partial charge in [-0.3, -0.25) is 9.36 Å². The Balaban J connectivity index is 1.78. The minimum absolute atomic E-state index is 0.00207. The summed E-state index contributed by atoms with van der Waals surface area (Å²) in [5.74, 6) is 0.359. The molecule has 11 heteroatoms. The molecule has 0 N–H and O–H groups in total. The third-order valence-corrected chi connectivity index (χ3v) is 5.06. The van der Waals surface area contributed by atoms with Gasteiger partial charge in [0.2, 0.25) is 5.95 Å². The predicted octanol–water partition coefficient (Wildman–Crippen LogP) is 1.97. The van der Waals surface area contributed by atoms with Gasteiger partial charge in [0.1, 0.15) is 18.1 Å². The van der Waals surface area contributed by atoms with E-state index in [2.05, 4.69) is 9.97 Å². The zero-order valence-electron chi connectivity index (χ0n) is 15.2. The zero-order valence-corrected chi connectivity index (χ0v) is 15.2. The van der Waals surface area contributed by atoms with Crippen molar-refractivity contribution in [2.24, 2.45) is 0 Å². The van der Waals surface area contributed by atoms with Crippen LogP contribution in [0.5, 0.6) is 0 Å². The van der Waals surface area contributed by atoms with Crippen LogP contribution in [0, 0.1) is 0 Å². The Morgan fingerprint density at radius 3 is 2.82 bits per heavy atom. The Morgan fingerprint density at radius 2 is 2.14 bits per heavy atom. The number of aromatic nitrogens is 3. The Morgan fingerprint density at radius 1 is 1.32 bits per heavy atom. The molecule has 2 aromatic rings. The first-order chi connectivity index (χ1) is 13.3. The predicted molar refractivity (Wildman–Crippen MR) is 93.4 cm³/mol. The highest BCUT2D eigenvalue weighted by Crippen LogP contribution is 2.38. The monoisotopic (exact) mass is 399 g/mol. The van der Waals surface area contributed by atoms with Crippen LogP contribution in [0.3, 0.4) is 0 Å². The summed E-state index contributed by atoms with van der Waals surface area (Å²) >= 11 is 0. The maximum Gasteiger partial charge on any atom is 0.409 e. The average molecular weight is 399 g/mol. The number of halogens is 3. The highest BCUT2D eigenvalue weighted by atomic mass is 19.4. The molecule has 2 aromatic heterocycles. The molecule has 152 valence electrons. The molecule has 0 aliphatic carbocycles. The first-order valence-electron chi connectivity index (χ1n) is 9.01. The molecule has 0 radical (unpaired) electrons. The van der Waals surface area contributed by atoms with Gasteiger partial charge in [0.15, 0.2) is 6.39 Å². The number of hydrogen-bond acceptors (Lipinski definition) is 7. The number of morpholine rings is 1. The van der Waals surface area contributed by atoms with Crippen molar-refractivity contribution >= 4 is 11.8 Å². The van der Waals surface area contributed by atoms with Gasteiger partial charge in [-0.1, -0.05) is 0 Å². The summed E-state index contributed by atoms with van der Waals surface area (Å²) in [7, 11) is 0. The molecule has 0 amide bonds. The lowest BCUT2D eigenvalue weighted by Gasteiger charge is -2.38. The summed E-state index contributed by atoms with van der Waals surface area (Å²) in [5, 5.41) is 0. The minimum Gasteiger partial charge on any atom is -0.451 e. The van der Waals surface area contributed by atoms with E-state index in [0.717, 1.165) is 4.57 Å². The Labute approximate surface area is 158 Å². The van der Waals surface area contributed by atoms with E-state index in [9.17, 15) is 18.0 Å². The van der Waals surface area contributed by atoms with Crippen molar-refractivity contribution in [1.82, 2.24) is 14.5 Å². The standard InChI is InChI=1S/C17H20F3N5O3/c1-11-8-27-5-4-24(11)14-6-15(26)25-13(17(18,19)20)2-3-23(16(25)22-14)7-12-9-28-10-21-12/h6,9-11,13H,2-5,7-8H2,1H3. The van der Waals surface area contributed by atoms with E-state index < -0.39 is 17.8 Å². The molecule has 2 aliphatic heterocycles. The molecule has 4 rings (SSSR count). The molecule has 2 atom stereocenters. The molecule has 1 fully saturated rings. The van der Waals surface area contributed by atoms with Crippen LogP contribution in [-0.2, 0) is 11.3 Å². The second-order valence-corrected chi connectivity index (χ2v) is 6.99. The fourth-order valence-electron chi connectivity index (χ4n) is 3.68. The number of hydrogen-bond donors (Lipinski definition) is 0. The van der Waals surface area contributed by atoms with E-state index in [4.69, 9.17) is 9.15 Å². The highest BCUT2D eigenvalue weighted by Gasteiger charge is 2.45. The van der Waals surface area contributed by atoms with Crippen molar-refractivity contribution in [3.05, 3.63) is 34.8 Å². The fraction of sp³-hybridized carbons (Fsp3) is 0.588. The van der Waals surface area contributed by atoms with Gasteiger partial charge >= 0.3 is 6.18 Å². The van der Waals surface area contributed by atoms with Crippen LogP contribution in [0.2, 0.25) is 0 Å². The number of ether oxygens (including phenoxy) is 1. The molecular formula is C17H20F3N5O3. The van der Waals surface area contributed by atoms with Gasteiger partial charge in [-0.2, -0.15) is 18.2 Å². The van der Waals surface area contributed by atoms with Crippen LogP contribution in [0.4, 0.5) is 24.9 Å². The lowest BCUT2D eigenvalue weighted by Crippen LogP contribution is -2.48. The first-order valence-corrected chi connectivity index (χ1v) is 9.01. The quantitative estimate of drug-likeness (QED) is 0.781. The van der Waals surface area contributed by atoms with Crippen LogP contribution in [0.1, 0.15) is 25.1 Å². The summed E-state index contributed by atoms with van der Waals surface area (Å²) in [6.07, 6.45) is -2.09. The van der Waals surface area contributed by atoms with Crippen molar-refractivity contribution in [1.29, 1.82) is 0 Å². The van der Waals surface area contributed by atoms with Gasteiger partial charge in [-0.15, -0.1) is 0 Å². The SMILES string of the molecule is CC1COCCN1c1cc(=O)n2c(n1)N(Cc1cocn1)CCC2C(F)(F)F. The number of rotatable bonds is 3. The van der Waals surface area contributed by atoms with Crippen LogP contribution in [0.15, 0.2) is 27.9 Å². The molecule has 0 saturated carbocycles. The summed E-state index contributed by atoms with van der Waals surface area (Å²) in [6, 6.07) is -0.745. The molecule has 0 bridgehead atoms. The first kappa shape index (κ1) is 18.8. The minimum atomic E-state index is -4.53. The van der Waals surface area contributed by atoms with Crippen molar-refractivity contribution in [3.63, 3.8) is 0 Å². The molecule has 2 unspecified atom stereocenters. The van der Waals surface area contributed by atoms with Crippen molar-refractivity contribution in [3.8, 4) is 0 Å². The molecule has 0 spiro atoms. The van der Waals surface area contributed by atoms with Crippen molar-refractivity contribution in [2.75, 3.05) is 36.1 Å².